The fraction of sp³-hybridized carbons (Fsp3) is 0.500. The molecule has 3 heterocycles. The van der Waals surface area contributed by atoms with Crippen LogP contribution in [-0.4, -0.2) is 40.2 Å². The number of nitrogens with one attached hydrogen (secondary N) is 2. The van der Waals surface area contributed by atoms with Crippen molar-refractivity contribution in [1.29, 1.82) is 0 Å². The number of rotatable bonds is 7. The van der Waals surface area contributed by atoms with Crippen molar-refractivity contribution in [3.8, 4) is 0 Å². The summed E-state index contributed by atoms with van der Waals surface area (Å²) in [6, 6.07) is 0. The Bertz CT molecular complexity index is 664. The molecule has 9 nitrogen and oxygen atoms in total. The van der Waals surface area contributed by atoms with E-state index >= 15 is 0 Å². The molecule has 2 N–H and O–H groups in total. The van der Waals surface area contributed by atoms with Crippen molar-refractivity contribution in [2.45, 2.75) is 37.9 Å². The minimum Gasteiger partial charge on any atom is -0.497 e. The van der Waals surface area contributed by atoms with Crippen LogP contribution in [0.5, 0.6) is 0 Å². The molecule has 1 aromatic rings. The zero-order chi connectivity index (χ0) is 17.5. The van der Waals surface area contributed by atoms with Gasteiger partial charge in [-0.2, -0.15) is 4.98 Å². The van der Waals surface area contributed by atoms with Crippen LogP contribution in [0.3, 0.4) is 0 Å². The van der Waals surface area contributed by atoms with Gasteiger partial charge in [0.05, 0.1) is 30.5 Å². The van der Waals surface area contributed by atoms with E-state index in [1.165, 1.54) is 6.20 Å². The Morgan fingerprint density at radius 3 is 2.32 bits per heavy atom. The molecule has 2 aliphatic rings. The molecule has 0 radical (unpaired) electrons. The Morgan fingerprint density at radius 1 is 1.12 bits per heavy atom. The van der Waals surface area contributed by atoms with Crippen molar-refractivity contribution in [3.63, 3.8) is 0 Å². The molecule has 134 valence electrons. The number of allylic oxidation sites excluding steroid dienone is 2. The van der Waals surface area contributed by atoms with E-state index in [-0.39, 0.29) is 23.7 Å². The van der Waals surface area contributed by atoms with Gasteiger partial charge >= 0.3 is 5.69 Å². The van der Waals surface area contributed by atoms with Gasteiger partial charge in [0.15, 0.2) is 0 Å². The number of nitrogens with zero attached hydrogens (tertiary/aromatic N) is 3. The summed E-state index contributed by atoms with van der Waals surface area (Å²) in [6.45, 7) is 0.982. The van der Waals surface area contributed by atoms with Gasteiger partial charge < -0.3 is 20.1 Å². The summed E-state index contributed by atoms with van der Waals surface area (Å²) in [5.74, 6) is 0.515. The highest BCUT2D eigenvalue weighted by Crippen LogP contribution is 2.23. The molecule has 0 bridgehead atoms. The van der Waals surface area contributed by atoms with Gasteiger partial charge in [-0.05, 0) is 37.8 Å². The molecule has 0 spiro atoms. The minimum absolute atomic E-state index is 0.0293. The van der Waals surface area contributed by atoms with Crippen molar-refractivity contribution in [2.75, 3.05) is 23.7 Å². The lowest BCUT2D eigenvalue weighted by Gasteiger charge is -2.20. The first kappa shape index (κ1) is 17.0. The highest BCUT2D eigenvalue weighted by molar-refractivity contribution is 5.57. The molecule has 0 fully saturated rings. The molecule has 25 heavy (non-hydrogen) atoms. The molecule has 0 aliphatic carbocycles. The zero-order valence-corrected chi connectivity index (χ0v) is 13.8. The van der Waals surface area contributed by atoms with E-state index in [0.717, 1.165) is 25.7 Å². The maximum atomic E-state index is 11.2. The van der Waals surface area contributed by atoms with E-state index < -0.39 is 4.92 Å². The first-order valence-corrected chi connectivity index (χ1v) is 8.32. The average Bonchev–Trinajstić information content (AvgIpc) is 2.66. The average molecular weight is 347 g/mol. The lowest BCUT2D eigenvalue weighted by atomic mass is 10.1. The van der Waals surface area contributed by atoms with Crippen molar-refractivity contribution in [2.24, 2.45) is 0 Å². The Labute approximate surface area is 145 Å². The van der Waals surface area contributed by atoms with Crippen molar-refractivity contribution < 1.29 is 14.4 Å². The second kappa shape index (κ2) is 8.32. The quantitative estimate of drug-likeness (QED) is 0.572. The molecule has 1 aromatic heterocycles. The first-order chi connectivity index (χ1) is 12.2. The third kappa shape index (κ3) is 4.82. The number of nitro groups is 1. The highest BCUT2D eigenvalue weighted by Gasteiger charge is 2.20. The van der Waals surface area contributed by atoms with Gasteiger partial charge in [0.2, 0.25) is 11.8 Å². The lowest BCUT2D eigenvalue weighted by molar-refractivity contribution is -0.384. The highest BCUT2D eigenvalue weighted by atomic mass is 16.6. The number of aromatic nitrogens is 2. The normalized spacial score (nSPS) is 21.9. The van der Waals surface area contributed by atoms with E-state index in [2.05, 4.69) is 20.6 Å². The second-order valence-electron chi connectivity index (χ2n) is 5.86. The monoisotopic (exact) mass is 347 g/mol. The van der Waals surface area contributed by atoms with Crippen molar-refractivity contribution >= 4 is 17.5 Å². The number of anilines is 2. The van der Waals surface area contributed by atoms with E-state index in [1.807, 2.05) is 12.2 Å². The third-order valence-corrected chi connectivity index (χ3v) is 4.00. The van der Waals surface area contributed by atoms with Crippen LogP contribution in [-0.2, 0) is 9.47 Å². The van der Waals surface area contributed by atoms with E-state index in [0.29, 0.717) is 19.0 Å². The SMILES string of the molecule is O=[N+]([O-])c1cnc(NCC2CCC=CO2)nc1NCC1CCC=CO1. The van der Waals surface area contributed by atoms with Gasteiger partial charge in [-0.3, -0.25) is 10.1 Å². The third-order valence-electron chi connectivity index (χ3n) is 4.00. The molecular formula is C16H21N5O4. The predicted octanol–water partition coefficient (Wildman–Crippen LogP) is 2.59. The Hall–Kier alpha value is -2.84. The smallest absolute Gasteiger partial charge is 0.329 e. The molecule has 2 atom stereocenters. The van der Waals surface area contributed by atoms with Gasteiger partial charge in [0.25, 0.3) is 0 Å². The zero-order valence-electron chi connectivity index (χ0n) is 13.8. The molecule has 3 rings (SSSR count). The second-order valence-corrected chi connectivity index (χ2v) is 5.86. The van der Waals surface area contributed by atoms with Crippen LogP contribution in [0, 0.1) is 10.1 Å². The molecular weight excluding hydrogens is 326 g/mol. The largest absolute Gasteiger partial charge is 0.497 e. The predicted molar refractivity (Wildman–Crippen MR) is 92.2 cm³/mol. The molecule has 9 heteroatoms. The number of ether oxygens (including phenoxy) is 2. The van der Waals surface area contributed by atoms with Gasteiger partial charge in [-0.15, -0.1) is 0 Å². The maximum absolute atomic E-state index is 11.2. The van der Waals surface area contributed by atoms with Crippen LogP contribution in [0.4, 0.5) is 17.5 Å². The molecule has 0 saturated heterocycles. The van der Waals surface area contributed by atoms with Crippen LogP contribution in [0.15, 0.2) is 30.9 Å². The number of hydrogen-bond acceptors (Lipinski definition) is 8. The molecule has 2 aliphatic heterocycles. The molecule has 0 aromatic carbocycles. The standard InChI is InChI=1S/C16H21N5O4/c22-21(23)14-11-19-16(18-10-13-6-2-4-8-25-13)20-15(14)17-9-12-5-1-3-7-24-12/h3-4,7-8,11-13H,1-2,5-6,9-10H2,(H2,17,18,19,20). The maximum Gasteiger partial charge on any atom is 0.329 e. The summed E-state index contributed by atoms with van der Waals surface area (Å²) in [5, 5.41) is 17.3. The van der Waals surface area contributed by atoms with Crippen molar-refractivity contribution in [3.05, 3.63) is 41.0 Å². The molecule has 2 unspecified atom stereocenters. The van der Waals surface area contributed by atoms with E-state index in [4.69, 9.17) is 9.47 Å². The fourth-order valence-electron chi connectivity index (χ4n) is 2.61. The topological polar surface area (TPSA) is 111 Å². The lowest BCUT2D eigenvalue weighted by Crippen LogP contribution is -2.25. The Balaban J connectivity index is 1.62. The van der Waals surface area contributed by atoms with Gasteiger partial charge in [-0.1, -0.05) is 0 Å². The molecule has 0 saturated carbocycles. The first-order valence-electron chi connectivity index (χ1n) is 8.32. The van der Waals surface area contributed by atoms with Gasteiger partial charge in [0.1, 0.15) is 18.4 Å². The van der Waals surface area contributed by atoms with Gasteiger partial charge in [-0.25, -0.2) is 4.98 Å². The van der Waals surface area contributed by atoms with Crippen LogP contribution in [0.25, 0.3) is 0 Å². The molecule has 0 amide bonds. The summed E-state index contributed by atoms with van der Waals surface area (Å²) in [7, 11) is 0. The van der Waals surface area contributed by atoms with Crippen LogP contribution in [0.2, 0.25) is 0 Å². The van der Waals surface area contributed by atoms with Crippen LogP contribution < -0.4 is 10.6 Å². The Kier molecular flexibility index (Phi) is 5.65. The van der Waals surface area contributed by atoms with Crippen LogP contribution >= 0.6 is 0 Å². The Morgan fingerprint density at radius 2 is 1.76 bits per heavy atom. The van der Waals surface area contributed by atoms with Crippen LogP contribution in [0.1, 0.15) is 25.7 Å². The fourth-order valence-corrected chi connectivity index (χ4v) is 2.61. The summed E-state index contributed by atoms with van der Waals surface area (Å²) in [6.07, 6.45) is 12.2. The van der Waals surface area contributed by atoms with E-state index in [1.54, 1.807) is 12.5 Å². The number of hydrogen-bond donors (Lipinski definition) is 2. The summed E-state index contributed by atoms with van der Waals surface area (Å²) < 4.78 is 10.9. The van der Waals surface area contributed by atoms with Gasteiger partial charge in [0, 0.05) is 0 Å². The minimum atomic E-state index is -0.497. The summed E-state index contributed by atoms with van der Waals surface area (Å²) in [4.78, 5) is 18.9. The summed E-state index contributed by atoms with van der Waals surface area (Å²) in [5.41, 5.74) is -0.159. The van der Waals surface area contributed by atoms with Crippen molar-refractivity contribution in [1.82, 2.24) is 9.97 Å². The van der Waals surface area contributed by atoms with E-state index in [9.17, 15) is 10.1 Å². The summed E-state index contributed by atoms with van der Waals surface area (Å²) >= 11 is 0.